The van der Waals surface area contributed by atoms with Crippen molar-refractivity contribution in [2.45, 2.75) is 19.0 Å². The minimum absolute atomic E-state index is 0.0674. The first-order valence-electron chi connectivity index (χ1n) is 9.92. The highest BCUT2D eigenvalue weighted by Gasteiger charge is 2.18. The number of aromatic nitrogens is 3. The Labute approximate surface area is 182 Å². The summed E-state index contributed by atoms with van der Waals surface area (Å²) in [4.78, 5) is 18.3. The van der Waals surface area contributed by atoms with Crippen LogP contribution in [-0.4, -0.2) is 63.2 Å². The molecule has 0 aliphatic carbocycles. The van der Waals surface area contributed by atoms with Crippen molar-refractivity contribution >= 4 is 40.2 Å². The van der Waals surface area contributed by atoms with E-state index >= 15 is 0 Å². The van der Waals surface area contributed by atoms with Crippen LogP contribution in [-0.2, 0) is 0 Å². The van der Waals surface area contributed by atoms with Gasteiger partial charge < -0.3 is 15.2 Å². The number of nitrogens with one attached hydrogen (secondary N) is 3. The maximum Gasteiger partial charge on any atom is 0.202 e. The lowest BCUT2D eigenvalue weighted by molar-refractivity contribution is 0.155. The number of anilines is 1. The van der Waals surface area contributed by atoms with Crippen molar-refractivity contribution in [2.75, 3.05) is 31.5 Å². The Morgan fingerprint density at radius 2 is 2.13 bits per heavy atom. The lowest BCUT2D eigenvalue weighted by Crippen LogP contribution is -2.37. The van der Waals surface area contributed by atoms with Crippen LogP contribution in [0.3, 0.4) is 0 Å². The standard InChI is InChI=1S/C20H22ClF2N7O/c21-15-11-13(1-2-16(15)23)26-18(29-31)14-3-6-24-19-17(14)27-20(28-19)25-7-10-30-8-4-12(22)5-9-30/h1-3,6,11-12,31H,4-5,7-10H2,(H,26,29)(H2,24,25,27,28). The number of nitrogens with zero attached hydrogens (tertiary/aromatic N) is 4. The number of H-pyrrole nitrogens is 1. The van der Waals surface area contributed by atoms with E-state index in [2.05, 4.69) is 35.6 Å². The van der Waals surface area contributed by atoms with Crippen molar-refractivity contribution in [1.29, 1.82) is 0 Å². The van der Waals surface area contributed by atoms with E-state index in [1.54, 1.807) is 12.3 Å². The average Bonchev–Trinajstić information content (AvgIpc) is 3.19. The number of piperidine rings is 1. The SMILES string of the molecule is ONC(=Nc1ccc(F)c(Cl)c1)c1ccnc2nc(NCCN3CCC(F)CC3)[nH]c12. The number of aliphatic imine (C=N–C) groups is 1. The number of halogens is 3. The van der Waals surface area contributed by atoms with Gasteiger partial charge in [0.1, 0.15) is 12.0 Å². The van der Waals surface area contributed by atoms with Gasteiger partial charge >= 0.3 is 0 Å². The highest BCUT2D eigenvalue weighted by molar-refractivity contribution is 6.31. The Hall–Kier alpha value is -2.82. The molecule has 1 aliphatic heterocycles. The Morgan fingerprint density at radius 3 is 2.87 bits per heavy atom. The normalized spacial score (nSPS) is 16.1. The summed E-state index contributed by atoms with van der Waals surface area (Å²) in [6.45, 7) is 2.92. The number of rotatable bonds is 6. The van der Waals surface area contributed by atoms with Crippen LogP contribution in [0.2, 0.25) is 5.02 Å². The molecule has 0 amide bonds. The van der Waals surface area contributed by atoms with Gasteiger partial charge in [-0.25, -0.2) is 18.8 Å². The van der Waals surface area contributed by atoms with Crippen LogP contribution in [0.15, 0.2) is 35.5 Å². The van der Waals surface area contributed by atoms with Crippen LogP contribution < -0.4 is 10.8 Å². The van der Waals surface area contributed by atoms with Crippen molar-refractivity contribution in [3.63, 3.8) is 0 Å². The Bertz CT molecular complexity index is 1080. The van der Waals surface area contributed by atoms with Gasteiger partial charge in [-0.2, -0.15) is 4.98 Å². The van der Waals surface area contributed by atoms with E-state index in [1.807, 2.05) is 0 Å². The van der Waals surface area contributed by atoms with Crippen LogP contribution >= 0.6 is 11.6 Å². The second-order valence-corrected chi connectivity index (χ2v) is 7.66. The predicted molar refractivity (Wildman–Crippen MR) is 115 cm³/mol. The number of imidazole rings is 1. The first kappa shape index (κ1) is 21.4. The first-order chi connectivity index (χ1) is 15.0. The molecule has 0 spiro atoms. The van der Waals surface area contributed by atoms with Crippen molar-refractivity contribution in [3.8, 4) is 0 Å². The van der Waals surface area contributed by atoms with Crippen LogP contribution in [0.5, 0.6) is 0 Å². The molecule has 8 nitrogen and oxygen atoms in total. The van der Waals surface area contributed by atoms with Gasteiger partial charge in [-0.05, 0) is 37.1 Å². The van der Waals surface area contributed by atoms with Gasteiger partial charge in [-0.15, -0.1) is 0 Å². The maximum absolute atomic E-state index is 13.4. The van der Waals surface area contributed by atoms with Gasteiger partial charge in [0.2, 0.25) is 5.95 Å². The monoisotopic (exact) mass is 449 g/mol. The number of alkyl halides is 1. The number of hydrogen-bond acceptors (Lipinski definition) is 6. The van der Waals surface area contributed by atoms with Gasteiger partial charge in [0.25, 0.3) is 0 Å². The molecule has 2 aromatic heterocycles. The van der Waals surface area contributed by atoms with Crippen molar-refractivity contribution in [3.05, 3.63) is 46.9 Å². The van der Waals surface area contributed by atoms with Gasteiger partial charge in [0, 0.05) is 37.9 Å². The fourth-order valence-corrected chi connectivity index (χ4v) is 3.65. The van der Waals surface area contributed by atoms with Crippen molar-refractivity contribution < 1.29 is 14.0 Å². The zero-order valence-corrected chi connectivity index (χ0v) is 17.3. The summed E-state index contributed by atoms with van der Waals surface area (Å²) in [6.07, 6.45) is 2.01. The molecule has 3 aromatic rings. The molecule has 31 heavy (non-hydrogen) atoms. The third-order valence-electron chi connectivity index (χ3n) is 5.13. The second-order valence-electron chi connectivity index (χ2n) is 7.26. The third-order valence-corrected chi connectivity index (χ3v) is 5.42. The number of amidine groups is 1. The molecule has 1 aromatic carbocycles. The van der Waals surface area contributed by atoms with Gasteiger partial charge in [-0.1, -0.05) is 11.6 Å². The fourth-order valence-electron chi connectivity index (χ4n) is 3.48. The molecule has 4 rings (SSSR count). The van der Waals surface area contributed by atoms with E-state index in [1.165, 1.54) is 18.2 Å². The van der Waals surface area contributed by atoms with Crippen LogP contribution in [0, 0.1) is 5.82 Å². The molecule has 3 heterocycles. The van der Waals surface area contributed by atoms with Crippen molar-refractivity contribution in [1.82, 2.24) is 25.3 Å². The van der Waals surface area contributed by atoms with E-state index in [-0.39, 0.29) is 10.9 Å². The highest BCUT2D eigenvalue weighted by atomic mass is 35.5. The van der Waals surface area contributed by atoms with Crippen LogP contribution in [0.1, 0.15) is 18.4 Å². The van der Waals surface area contributed by atoms with Crippen LogP contribution in [0.4, 0.5) is 20.4 Å². The highest BCUT2D eigenvalue weighted by Crippen LogP contribution is 2.23. The zero-order chi connectivity index (χ0) is 21.8. The second kappa shape index (κ2) is 9.54. The molecule has 0 radical (unpaired) electrons. The molecule has 164 valence electrons. The number of fused-ring (bicyclic) bond motifs is 1. The lowest BCUT2D eigenvalue weighted by Gasteiger charge is -2.28. The van der Waals surface area contributed by atoms with E-state index < -0.39 is 12.0 Å². The first-order valence-corrected chi connectivity index (χ1v) is 10.3. The molecular weight excluding hydrogens is 428 g/mol. The van der Waals surface area contributed by atoms with Gasteiger partial charge in [-0.3, -0.25) is 10.7 Å². The number of aromatic amines is 1. The number of likely N-dealkylation sites (tertiary alicyclic amines) is 1. The van der Waals surface area contributed by atoms with Gasteiger partial charge in [0.15, 0.2) is 11.5 Å². The molecule has 1 aliphatic rings. The van der Waals surface area contributed by atoms with Crippen LogP contribution in [0.25, 0.3) is 11.2 Å². The number of pyridine rings is 1. The largest absolute Gasteiger partial charge is 0.354 e. The summed E-state index contributed by atoms with van der Waals surface area (Å²) in [7, 11) is 0. The number of hydrogen-bond donors (Lipinski definition) is 4. The molecule has 1 saturated heterocycles. The lowest BCUT2D eigenvalue weighted by atomic mass is 10.1. The summed E-state index contributed by atoms with van der Waals surface area (Å²) < 4.78 is 26.6. The summed E-state index contributed by atoms with van der Waals surface area (Å²) >= 11 is 5.81. The molecule has 11 heteroatoms. The summed E-state index contributed by atoms with van der Waals surface area (Å²) in [5, 5.41) is 12.8. The van der Waals surface area contributed by atoms with E-state index in [9.17, 15) is 14.0 Å². The van der Waals surface area contributed by atoms with E-state index in [0.29, 0.717) is 47.7 Å². The average molecular weight is 450 g/mol. The molecule has 0 bridgehead atoms. The zero-order valence-electron chi connectivity index (χ0n) is 16.6. The summed E-state index contributed by atoms with van der Waals surface area (Å²) in [6, 6.07) is 5.67. The molecule has 0 atom stereocenters. The fraction of sp³-hybridized carbons (Fsp3) is 0.350. The Kier molecular flexibility index (Phi) is 6.59. The minimum Gasteiger partial charge on any atom is -0.354 e. The topological polar surface area (TPSA) is 101 Å². The predicted octanol–water partition coefficient (Wildman–Crippen LogP) is 3.65. The quantitative estimate of drug-likeness (QED) is 0.260. The Morgan fingerprint density at radius 1 is 1.32 bits per heavy atom. The maximum atomic E-state index is 13.4. The Balaban J connectivity index is 1.51. The summed E-state index contributed by atoms with van der Waals surface area (Å²) in [5.41, 5.74) is 3.97. The molecule has 1 fully saturated rings. The molecule has 0 unspecified atom stereocenters. The molecule has 4 N–H and O–H groups in total. The summed E-state index contributed by atoms with van der Waals surface area (Å²) in [5.74, 6) is 0.0978. The van der Waals surface area contributed by atoms with Gasteiger partial charge in [0.05, 0.1) is 16.2 Å². The third kappa shape index (κ3) is 5.09. The number of hydroxylamine groups is 1. The molecule has 0 saturated carbocycles. The smallest absolute Gasteiger partial charge is 0.202 e. The molecular formula is C20H22ClF2N7O. The van der Waals surface area contributed by atoms with Crippen molar-refractivity contribution in [2.24, 2.45) is 4.99 Å². The number of benzene rings is 1. The van der Waals surface area contributed by atoms with E-state index in [0.717, 1.165) is 19.6 Å². The van der Waals surface area contributed by atoms with E-state index in [4.69, 9.17) is 11.6 Å². The minimum atomic E-state index is -0.689.